The summed E-state index contributed by atoms with van der Waals surface area (Å²) in [4.78, 5) is 25.6. The Hall–Kier alpha value is -2.33. The molecular weight excluding hydrogens is 398 g/mol. The van der Waals surface area contributed by atoms with Gasteiger partial charge in [-0.3, -0.25) is 0 Å². The molecule has 3 heterocycles. The van der Waals surface area contributed by atoms with Gasteiger partial charge in [-0.15, -0.1) is 21.5 Å². The van der Waals surface area contributed by atoms with Crippen LogP contribution in [0.1, 0.15) is 31.0 Å². The van der Waals surface area contributed by atoms with Crippen LogP contribution in [-0.2, 0) is 23.0 Å². The Kier molecular flexibility index (Phi) is 6.74. The third kappa shape index (κ3) is 4.56. The van der Waals surface area contributed by atoms with Crippen LogP contribution in [0.25, 0.3) is 0 Å². The van der Waals surface area contributed by atoms with Gasteiger partial charge in [-0.2, -0.15) is 0 Å². The Labute approximate surface area is 171 Å². The Morgan fingerprint density at radius 3 is 2.89 bits per heavy atom. The molecule has 2 amide bonds. The van der Waals surface area contributed by atoms with Crippen molar-refractivity contribution in [2.75, 3.05) is 12.4 Å². The van der Waals surface area contributed by atoms with Gasteiger partial charge in [0.25, 0.3) is 0 Å². The molecule has 0 unspecified atom stereocenters. The molecule has 1 aliphatic rings. The van der Waals surface area contributed by atoms with E-state index in [4.69, 9.17) is 4.74 Å². The fraction of sp³-hybridized carbons (Fsp3) is 0.444. The van der Waals surface area contributed by atoms with Gasteiger partial charge in [-0.25, -0.2) is 9.59 Å². The van der Waals surface area contributed by atoms with Crippen LogP contribution in [0.15, 0.2) is 33.9 Å². The van der Waals surface area contributed by atoms with Crippen LogP contribution in [0.5, 0.6) is 0 Å². The molecule has 2 N–H and O–H groups in total. The number of hydrogen-bond acceptors (Lipinski definition) is 7. The molecule has 150 valence electrons. The predicted molar refractivity (Wildman–Crippen MR) is 108 cm³/mol. The molecule has 1 aliphatic heterocycles. The summed E-state index contributed by atoms with van der Waals surface area (Å²) < 4.78 is 7.13. The van der Waals surface area contributed by atoms with Gasteiger partial charge in [-0.1, -0.05) is 24.8 Å². The van der Waals surface area contributed by atoms with Crippen LogP contribution >= 0.6 is 23.1 Å². The lowest BCUT2D eigenvalue weighted by atomic mass is 10.0. The molecule has 10 heteroatoms. The monoisotopic (exact) mass is 421 g/mol. The van der Waals surface area contributed by atoms with Gasteiger partial charge in [0, 0.05) is 29.8 Å². The number of hydrogen-bond donors (Lipinski definition) is 2. The molecule has 0 spiro atoms. The molecule has 0 bridgehead atoms. The lowest BCUT2D eigenvalue weighted by Gasteiger charge is -2.28. The minimum Gasteiger partial charge on any atom is -0.463 e. The van der Waals surface area contributed by atoms with E-state index < -0.39 is 5.97 Å². The molecule has 2 aromatic rings. The third-order valence-electron chi connectivity index (χ3n) is 4.33. The average Bonchev–Trinajstić information content (AvgIpc) is 3.30. The summed E-state index contributed by atoms with van der Waals surface area (Å²) in [5, 5.41) is 16.8. The van der Waals surface area contributed by atoms with Crippen molar-refractivity contribution in [2.45, 2.75) is 37.9 Å². The summed E-state index contributed by atoms with van der Waals surface area (Å²) in [7, 11) is 1.92. The number of carbonyl (C=O) groups excluding carboxylic acids is 2. The van der Waals surface area contributed by atoms with Crippen LogP contribution < -0.4 is 10.6 Å². The van der Waals surface area contributed by atoms with Gasteiger partial charge >= 0.3 is 12.0 Å². The number of ether oxygens (including phenoxy) is 1. The maximum Gasteiger partial charge on any atom is 0.337 e. The van der Waals surface area contributed by atoms with E-state index in [1.165, 1.54) is 16.6 Å². The Morgan fingerprint density at radius 1 is 1.39 bits per heavy atom. The Bertz CT molecular complexity index is 876. The van der Waals surface area contributed by atoms with Crippen molar-refractivity contribution in [3.63, 3.8) is 0 Å². The number of carbonyl (C=O) groups is 2. The molecule has 0 aliphatic carbocycles. The summed E-state index contributed by atoms with van der Waals surface area (Å²) in [6, 6.07) is 3.40. The zero-order valence-corrected chi connectivity index (χ0v) is 17.7. The molecule has 0 saturated carbocycles. The molecule has 2 aromatic heterocycles. The predicted octanol–water partition coefficient (Wildman–Crippen LogP) is 2.47. The minimum atomic E-state index is -0.409. The maximum absolute atomic E-state index is 12.4. The number of amides is 2. The second-order valence-corrected chi connectivity index (χ2v) is 8.15. The number of rotatable bonds is 8. The molecule has 0 fully saturated rings. The van der Waals surface area contributed by atoms with Crippen molar-refractivity contribution in [2.24, 2.45) is 7.05 Å². The molecule has 8 nitrogen and oxygen atoms in total. The number of urea groups is 1. The summed E-state index contributed by atoms with van der Waals surface area (Å²) in [6.45, 7) is 3.96. The highest BCUT2D eigenvalue weighted by molar-refractivity contribution is 7.99. The second-order valence-electron chi connectivity index (χ2n) is 6.17. The van der Waals surface area contributed by atoms with Crippen LogP contribution in [0.3, 0.4) is 0 Å². The Balaban J connectivity index is 1.78. The van der Waals surface area contributed by atoms with Crippen LogP contribution in [0, 0.1) is 0 Å². The fourth-order valence-corrected chi connectivity index (χ4v) is 4.51. The second kappa shape index (κ2) is 9.24. The third-order valence-corrected chi connectivity index (χ3v) is 6.25. The normalized spacial score (nSPS) is 16.7. The summed E-state index contributed by atoms with van der Waals surface area (Å²) in [5.41, 5.74) is 1.03. The van der Waals surface area contributed by atoms with Gasteiger partial charge < -0.3 is 19.9 Å². The largest absolute Gasteiger partial charge is 0.463 e. The molecule has 1 atom stereocenters. The number of nitrogens with zero attached hydrogens (tertiary/aromatic N) is 3. The van der Waals surface area contributed by atoms with Crippen molar-refractivity contribution >= 4 is 35.1 Å². The highest BCUT2D eigenvalue weighted by Gasteiger charge is 2.31. The molecule has 28 heavy (non-hydrogen) atoms. The first-order valence-corrected chi connectivity index (χ1v) is 10.9. The quantitative estimate of drug-likeness (QED) is 0.502. The van der Waals surface area contributed by atoms with E-state index in [0.29, 0.717) is 23.4 Å². The minimum absolute atomic E-state index is 0.280. The van der Waals surface area contributed by atoms with Crippen molar-refractivity contribution in [3.8, 4) is 0 Å². The van der Waals surface area contributed by atoms with Crippen molar-refractivity contribution < 1.29 is 14.3 Å². The first-order valence-electron chi connectivity index (χ1n) is 9.04. The molecular formula is C18H23N5O3S2. The summed E-state index contributed by atoms with van der Waals surface area (Å²) in [5.74, 6) is 0.849. The number of thioether (sulfide) groups is 1. The topological polar surface area (TPSA) is 98.1 Å². The number of thiophene rings is 1. The molecule has 0 radical (unpaired) electrons. The zero-order valence-electron chi connectivity index (χ0n) is 16.0. The molecule has 3 rings (SSSR count). The van der Waals surface area contributed by atoms with E-state index in [9.17, 15) is 9.59 Å². The van der Waals surface area contributed by atoms with Crippen LogP contribution in [-0.4, -0.2) is 45.2 Å². The van der Waals surface area contributed by atoms with Crippen LogP contribution in [0.4, 0.5) is 4.79 Å². The van der Waals surface area contributed by atoms with Gasteiger partial charge in [-0.05, 0) is 24.8 Å². The summed E-state index contributed by atoms with van der Waals surface area (Å²) >= 11 is 3.11. The van der Waals surface area contributed by atoms with E-state index in [-0.39, 0.29) is 18.7 Å². The standard InChI is InChI=1S/C18H23N5O3S2/c1-4-12-15(16(24)26-5-2)13(20-17(25)19-12)10-28-18-22-21-14(23(18)3)9-11-7-6-8-27-11/h6-8,12H,4-5,9-10H2,1-3H3,(H2,19,20,25)/t12-/m0/s1. The van der Waals surface area contributed by atoms with Gasteiger partial charge in [0.05, 0.1) is 18.2 Å². The van der Waals surface area contributed by atoms with Crippen LogP contribution in [0.2, 0.25) is 0 Å². The average molecular weight is 422 g/mol. The number of nitrogens with one attached hydrogen (secondary N) is 2. The summed E-state index contributed by atoms with van der Waals surface area (Å²) in [6.07, 6.45) is 1.32. The molecule has 0 saturated heterocycles. The van der Waals surface area contributed by atoms with E-state index in [1.807, 2.05) is 30.0 Å². The smallest absolute Gasteiger partial charge is 0.337 e. The van der Waals surface area contributed by atoms with Crippen molar-refractivity contribution in [1.29, 1.82) is 0 Å². The fourth-order valence-electron chi connectivity index (χ4n) is 2.91. The van der Waals surface area contributed by atoms with E-state index in [1.54, 1.807) is 18.3 Å². The number of esters is 1. The zero-order chi connectivity index (χ0) is 20.1. The maximum atomic E-state index is 12.4. The van der Waals surface area contributed by atoms with Gasteiger partial charge in [0.1, 0.15) is 5.82 Å². The van der Waals surface area contributed by atoms with Gasteiger partial charge in [0.15, 0.2) is 5.16 Å². The Morgan fingerprint density at radius 2 is 2.21 bits per heavy atom. The van der Waals surface area contributed by atoms with Gasteiger partial charge in [0.2, 0.25) is 0 Å². The van der Waals surface area contributed by atoms with Crippen molar-refractivity contribution in [3.05, 3.63) is 39.5 Å². The first-order chi connectivity index (χ1) is 13.5. The number of aromatic nitrogens is 3. The van der Waals surface area contributed by atoms with E-state index in [0.717, 1.165) is 17.4 Å². The van der Waals surface area contributed by atoms with Crippen molar-refractivity contribution in [1.82, 2.24) is 25.4 Å². The van der Waals surface area contributed by atoms with E-state index >= 15 is 0 Å². The lowest BCUT2D eigenvalue weighted by molar-refractivity contribution is -0.139. The first kappa shape index (κ1) is 20.4. The van der Waals surface area contributed by atoms with E-state index in [2.05, 4.69) is 26.9 Å². The highest BCUT2D eigenvalue weighted by Crippen LogP contribution is 2.24. The molecule has 0 aromatic carbocycles. The lowest BCUT2D eigenvalue weighted by Crippen LogP contribution is -2.50. The highest BCUT2D eigenvalue weighted by atomic mass is 32.2. The SMILES string of the molecule is CCOC(=O)C1=C(CSc2nnc(Cc3cccs3)n2C)NC(=O)N[C@H]1CC.